The van der Waals surface area contributed by atoms with Crippen molar-refractivity contribution < 1.29 is 32.3 Å². The number of cyclic esters (lactones) is 1. The Morgan fingerprint density at radius 1 is 0.848 bits per heavy atom. The van der Waals surface area contributed by atoms with Gasteiger partial charge in [-0.2, -0.15) is 0 Å². The summed E-state index contributed by atoms with van der Waals surface area (Å²) < 4.78 is 33.1. The Labute approximate surface area is 280 Å². The second kappa shape index (κ2) is 17.5. The van der Waals surface area contributed by atoms with Gasteiger partial charge in [-0.05, 0) is 38.5 Å². The minimum absolute atomic E-state index is 0.0402. The number of nitrogens with zero attached hydrogens (tertiary/aromatic N) is 1. The number of ketones is 1. The van der Waals surface area contributed by atoms with E-state index in [2.05, 4.69) is 17.0 Å². The normalized spacial score (nSPS) is 16.2. The number of Topliss-reactive ketones (excluding diaryl/α,β-unsaturated/α-hetero) is 1. The zero-order valence-corrected chi connectivity index (χ0v) is 30.1. The predicted molar refractivity (Wildman–Crippen MR) is 183 cm³/mol. The fraction of sp³-hybridized carbons (Fsp3) is 0.706. The molecule has 1 atom stereocenters. The lowest BCUT2D eigenvalue weighted by Crippen LogP contribution is -2.63. The van der Waals surface area contributed by atoms with Crippen LogP contribution in [-0.2, 0) is 29.1 Å². The largest absolute Gasteiger partial charge is 0.433 e. The van der Waals surface area contributed by atoms with Gasteiger partial charge in [-0.3, -0.25) is 19.1 Å². The lowest BCUT2D eigenvalue weighted by atomic mass is 9.84. The number of benzene rings is 1. The van der Waals surface area contributed by atoms with Crippen LogP contribution in [0.1, 0.15) is 131 Å². The molecule has 0 saturated carbocycles. The molecule has 1 aromatic rings. The van der Waals surface area contributed by atoms with Gasteiger partial charge < -0.3 is 10.1 Å². The van der Waals surface area contributed by atoms with E-state index in [1.54, 1.807) is 0 Å². The van der Waals surface area contributed by atoms with Crippen molar-refractivity contribution in [3.63, 3.8) is 0 Å². The minimum Gasteiger partial charge on any atom is -0.433 e. The second-order valence-corrected chi connectivity index (χ2v) is 16.2. The van der Waals surface area contributed by atoms with Crippen molar-refractivity contribution >= 4 is 56.7 Å². The van der Waals surface area contributed by atoms with Gasteiger partial charge in [-0.1, -0.05) is 129 Å². The van der Waals surface area contributed by atoms with Crippen LogP contribution < -0.4 is 10.0 Å². The van der Waals surface area contributed by atoms with Crippen molar-refractivity contribution in [2.24, 2.45) is 5.41 Å². The molecule has 0 bridgehead atoms. The standard InChI is InChI=1S/C34H54ClN3O7S/c1-7-8-9-10-11-12-13-14-15-16-17-18-19-20-24-46(43,44)37-27-23-21-22-26(25-27)36-29(40)34(35,28(39)32(2,3)4)38-30(41)33(5,6)45-31(38)42/h21-23,25,37H,7-20,24H2,1-6H3,(H,36,40). The Morgan fingerprint density at radius 3 is 1.78 bits per heavy atom. The fourth-order valence-corrected chi connectivity index (χ4v) is 6.97. The monoisotopic (exact) mass is 683 g/mol. The van der Waals surface area contributed by atoms with Gasteiger partial charge >= 0.3 is 6.09 Å². The summed E-state index contributed by atoms with van der Waals surface area (Å²) in [5.41, 5.74) is -2.55. The number of hydrogen-bond donors (Lipinski definition) is 2. The Bertz CT molecular complexity index is 1310. The Morgan fingerprint density at radius 2 is 1.33 bits per heavy atom. The number of sulfonamides is 1. The first-order valence-corrected chi connectivity index (χ1v) is 18.7. The zero-order chi connectivity index (χ0) is 34.6. The molecule has 1 heterocycles. The molecular formula is C34H54ClN3O7S. The highest BCUT2D eigenvalue weighted by atomic mass is 35.5. The Balaban J connectivity index is 1.89. The maximum atomic E-state index is 13.6. The molecular weight excluding hydrogens is 630 g/mol. The summed E-state index contributed by atoms with van der Waals surface area (Å²) in [4.78, 5) is 50.3. The number of carbonyl (C=O) groups is 4. The molecule has 2 rings (SSSR count). The molecule has 46 heavy (non-hydrogen) atoms. The molecule has 3 amide bonds. The van der Waals surface area contributed by atoms with Crippen LogP contribution in [0, 0.1) is 5.41 Å². The lowest BCUT2D eigenvalue weighted by molar-refractivity contribution is -0.148. The summed E-state index contributed by atoms with van der Waals surface area (Å²) in [5.74, 6) is -3.03. The molecule has 10 nitrogen and oxygen atoms in total. The third-order valence-electron chi connectivity index (χ3n) is 7.99. The molecule has 260 valence electrons. The SMILES string of the molecule is CCCCCCCCCCCCCCCCS(=O)(=O)Nc1cccc(NC(=O)C(Cl)(C(=O)C(C)(C)C)N2C(=O)OC(C)(C)C2=O)c1. The van der Waals surface area contributed by atoms with E-state index in [9.17, 15) is 27.6 Å². The minimum atomic E-state index is -3.65. The third-order valence-corrected chi connectivity index (χ3v) is 9.88. The summed E-state index contributed by atoms with van der Waals surface area (Å²) >= 11 is 6.63. The number of halogens is 1. The van der Waals surface area contributed by atoms with Crippen LogP contribution in [0.5, 0.6) is 0 Å². The molecule has 0 spiro atoms. The maximum absolute atomic E-state index is 13.6. The average molecular weight is 684 g/mol. The van der Waals surface area contributed by atoms with Gasteiger partial charge in [0.05, 0.1) is 11.4 Å². The Hall–Kier alpha value is -2.66. The highest BCUT2D eigenvalue weighted by Gasteiger charge is 2.63. The van der Waals surface area contributed by atoms with Crippen LogP contribution >= 0.6 is 11.6 Å². The highest BCUT2D eigenvalue weighted by molar-refractivity contribution is 7.92. The van der Waals surface area contributed by atoms with Crippen molar-refractivity contribution in [2.45, 2.75) is 142 Å². The van der Waals surface area contributed by atoms with Gasteiger partial charge in [0.2, 0.25) is 10.0 Å². The zero-order valence-electron chi connectivity index (χ0n) is 28.5. The summed E-state index contributed by atoms with van der Waals surface area (Å²) in [5, 5.41) is 2.48. The highest BCUT2D eigenvalue weighted by Crippen LogP contribution is 2.39. The van der Waals surface area contributed by atoms with E-state index in [1.165, 1.54) is 123 Å². The molecule has 12 heteroatoms. The second-order valence-electron chi connectivity index (χ2n) is 13.8. The summed E-state index contributed by atoms with van der Waals surface area (Å²) in [6, 6.07) is 5.88. The molecule has 0 aliphatic carbocycles. The maximum Gasteiger partial charge on any atom is 0.420 e. The number of amides is 3. The van der Waals surface area contributed by atoms with E-state index >= 15 is 0 Å². The van der Waals surface area contributed by atoms with Gasteiger partial charge in [-0.25, -0.2) is 18.1 Å². The number of carbonyl (C=O) groups excluding carboxylic acids is 4. The molecule has 1 aliphatic heterocycles. The van der Waals surface area contributed by atoms with E-state index in [0.717, 1.165) is 19.3 Å². The number of nitrogens with one attached hydrogen (secondary N) is 2. The third kappa shape index (κ3) is 11.5. The number of rotatable bonds is 21. The topological polar surface area (TPSA) is 139 Å². The Kier molecular flexibility index (Phi) is 15.0. The molecule has 1 saturated heterocycles. The van der Waals surface area contributed by atoms with Crippen molar-refractivity contribution in [3.05, 3.63) is 24.3 Å². The number of hydrogen-bond acceptors (Lipinski definition) is 7. The van der Waals surface area contributed by atoms with Crippen LogP contribution in [0.25, 0.3) is 0 Å². The molecule has 1 aliphatic rings. The number of unbranched alkanes of at least 4 members (excludes halogenated alkanes) is 13. The molecule has 1 unspecified atom stereocenters. The predicted octanol–water partition coefficient (Wildman–Crippen LogP) is 8.16. The van der Waals surface area contributed by atoms with Crippen LogP contribution in [-0.4, -0.2) is 53.4 Å². The first-order valence-electron chi connectivity index (χ1n) is 16.7. The molecule has 0 radical (unpaired) electrons. The summed E-state index contributed by atoms with van der Waals surface area (Å²) in [6.07, 6.45) is 15.2. The van der Waals surface area contributed by atoms with Gasteiger partial charge in [0.15, 0.2) is 11.4 Å². The number of anilines is 2. The number of alkyl halides is 1. The van der Waals surface area contributed by atoms with Crippen LogP contribution in [0.4, 0.5) is 16.2 Å². The van der Waals surface area contributed by atoms with Crippen LogP contribution in [0.3, 0.4) is 0 Å². The van der Waals surface area contributed by atoms with E-state index in [1.807, 2.05) is 0 Å². The van der Waals surface area contributed by atoms with Crippen LogP contribution in [0.2, 0.25) is 0 Å². The lowest BCUT2D eigenvalue weighted by Gasteiger charge is -2.35. The van der Waals surface area contributed by atoms with E-state index in [0.29, 0.717) is 11.3 Å². The smallest absolute Gasteiger partial charge is 0.420 e. The van der Waals surface area contributed by atoms with Gasteiger partial charge in [-0.15, -0.1) is 0 Å². The van der Waals surface area contributed by atoms with Crippen molar-refractivity contribution in [1.82, 2.24) is 4.90 Å². The average Bonchev–Trinajstić information content (AvgIpc) is 3.17. The van der Waals surface area contributed by atoms with Crippen LogP contribution in [0.15, 0.2) is 24.3 Å². The first-order chi connectivity index (χ1) is 21.5. The molecule has 1 fully saturated rings. The van der Waals surface area contributed by atoms with Gasteiger partial charge in [0.1, 0.15) is 0 Å². The number of imide groups is 1. The number of ether oxygens (including phenoxy) is 1. The summed E-state index contributed by atoms with van der Waals surface area (Å²) in [7, 11) is -3.65. The van der Waals surface area contributed by atoms with E-state index in [4.69, 9.17) is 16.3 Å². The molecule has 1 aromatic carbocycles. The van der Waals surface area contributed by atoms with Gasteiger partial charge in [0, 0.05) is 11.1 Å². The fourth-order valence-electron chi connectivity index (χ4n) is 5.32. The first kappa shape index (κ1) is 39.5. The quantitative estimate of drug-likeness (QED) is 0.0577. The molecule has 2 N–H and O–H groups in total. The van der Waals surface area contributed by atoms with Crippen molar-refractivity contribution in [3.8, 4) is 0 Å². The van der Waals surface area contributed by atoms with Gasteiger partial charge in [0.25, 0.3) is 16.8 Å². The van der Waals surface area contributed by atoms with E-state index in [-0.39, 0.29) is 17.1 Å². The summed E-state index contributed by atoms with van der Waals surface area (Å²) in [6.45, 7) is 9.41. The van der Waals surface area contributed by atoms with Crippen molar-refractivity contribution in [1.29, 1.82) is 0 Å². The van der Waals surface area contributed by atoms with E-state index < -0.39 is 49.7 Å². The molecule has 0 aromatic heterocycles. The van der Waals surface area contributed by atoms with Crippen molar-refractivity contribution in [2.75, 3.05) is 15.8 Å².